The Balaban J connectivity index is 3.07. The van der Waals surface area contributed by atoms with Crippen LogP contribution in [0.1, 0.15) is 17.3 Å². The zero-order valence-corrected chi connectivity index (χ0v) is 8.79. The van der Waals surface area contributed by atoms with Crippen molar-refractivity contribution < 1.29 is 25.2 Å². The Bertz CT molecular complexity index is 386. The maximum atomic E-state index is 11.8. The van der Waals surface area contributed by atoms with Crippen molar-refractivity contribution in [3.63, 3.8) is 0 Å². The molecule has 16 heavy (non-hydrogen) atoms. The SMILES string of the molecule is CC(O)(C(=O)c1ccccc1O)C(O)CO. The first-order chi connectivity index (χ1) is 7.41. The number of carbonyl (C=O) groups is 1. The summed E-state index contributed by atoms with van der Waals surface area (Å²) in [4.78, 5) is 11.8. The van der Waals surface area contributed by atoms with Gasteiger partial charge in [0.05, 0.1) is 12.2 Å². The number of aliphatic hydroxyl groups is 3. The van der Waals surface area contributed by atoms with Crippen molar-refractivity contribution in [2.45, 2.75) is 18.6 Å². The molecule has 0 saturated carbocycles. The molecule has 0 aromatic heterocycles. The molecule has 0 spiro atoms. The third-order valence-electron chi connectivity index (χ3n) is 2.43. The van der Waals surface area contributed by atoms with E-state index >= 15 is 0 Å². The quantitative estimate of drug-likeness (QED) is 0.527. The minimum atomic E-state index is -2.13. The molecule has 0 bridgehead atoms. The Kier molecular flexibility index (Phi) is 3.64. The van der Waals surface area contributed by atoms with Gasteiger partial charge in [-0.3, -0.25) is 4.79 Å². The first-order valence-corrected chi connectivity index (χ1v) is 4.75. The number of phenols is 1. The summed E-state index contributed by atoms with van der Waals surface area (Å²) < 4.78 is 0. The van der Waals surface area contributed by atoms with Crippen LogP contribution in [0.15, 0.2) is 24.3 Å². The number of Topliss-reactive ketones (excluding diaryl/α,β-unsaturated/α-hetero) is 1. The van der Waals surface area contributed by atoms with Crippen molar-refractivity contribution in [1.29, 1.82) is 0 Å². The Hall–Kier alpha value is -1.43. The molecule has 0 amide bonds. The van der Waals surface area contributed by atoms with Crippen LogP contribution in [0.25, 0.3) is 0 Å². The fourth-order valence-electron chi connectivity index (χ4n) is 1.27. The van der Waals surface area contributed by atoms with Crippen LogP contribution in [0.4, 0.5) is 0 Å². The van der Waals surface area contributed by atoms with Gasteiger partial charge in [-0.05, 0) is 19.1 Å². The minimum absolute atomic E-state index is 0.0972. The maximum absolute atomic E-state index is 11.8. The van der Waals surface area contributed by atoms with E-state index in [0.717, 1.165) is 6.92 Å². The van der Waals surface area contributed by atoms with Crippen LogP contribution in [0.5, 0.6) is 5.75 Å². The molecule has 0 aliphatic rings. The van der Waals surface area contributed by atoms with Gasteiger partial charge in [0, 0.05) is 0 Å². The number of aliphatic hydroxyl groups excluding tert-OH is 2. The summed E-state index contributed by atoms with van der Waals surface area (Å²) in [5.41, 5.74) is -2.23. The molecule has 0 aliphatic heterocycles. The highest BCUT2D eigenvalue weighted by atomic mass is 16.4. The van der Waals surface area contributed by atoms with E-state index in [1.54, 1.807) is 0 Å². The molecule has 88 valence electrons. The number of para-hydroxylation sites is 1. The lowest BCUT2D eigenvalue weighted by atomic mass is 9.89. The van der Waals surface area contributed by atoms with Crippen molar-refractivity contribution in [3.8, 4) is 5.75 Å². The normalized spacial score (nSPS) is 16.5. The van der Waals surface area contributed by atoms with Gasteiger partial charge in [-0.1, -0.05) is 12.1 Å². The lowest BCUT2D eigenvalue weighted by Gasteiger charge is -2.26. The van der Waals surface area contributed by atoms with Gasteiger partial charge in [0.1, 0.15) is 11.9 Å². The number of aromatic hydroxyl groups is 1. The zero-order valence-electron chi connectivity index (χ0n) is 8.79. The van der Waals surface area contributed by atoms with Gasteiger partial charge >= 0.3 is 0 Å². The van der Waals surface area contributed by atoms with E-state index in [2.05, 4.69) is 0 Å². The summed E-state index contributed by atoms with van der Waals surface area (Å²) in [7, 11) is 0. The predicted molar refractivity (Wildman–Crippen MR) is 56.2 cm³/mol. The Morgan fingerprint density at radius 2 is 2.00 bits per heavy atom. The third-order valence-corrected chi connectivity index (χ3v) is 2.43. The molecule has 2 atom stereocenters. The van der Waals surface area contributed by atoms with E-state index in [9.17, 15) is 20.1 Å². The van der Waals surface area contributed by atoms with Crippen LogP contribution in [-0.4, -0.2) is 44.5 Å². The van der Waals surface area contributed by atoms with Gasteiger partial charge in [-0.15, -0.1) is 0 Å². The van der Waals surface area contributed by atoms with Gasteiger partial charge in [0.15, 0.2) is 5.60 Å². The largest absolute Gasteiger partial charge is 0.507 e. The highest BCUT2D eigenvalue weighted by Gasteiger charge is 2.39. The molecule has 1 aromatic carbocycles. The van der Waals surface area contributed by atoms with Crippen molar-refractivity contribution in [2.75, 3.05) is 6.61 Å². The van der Waals surface area contributed by atoms with Crippen molar-refractivity contribution in [3.05, 3.63) is 29.8 Å². The number of phenolic OH excluding ortho intramolecular Hbond substituents is 1. The van der Waals surface area contributed by atoms with E-state index in [1.165, 1.54) is 24.3 Å². The van der Waals surface area contributed by atoms with Gasteiger partial charge in [0.2, 0.25) is 5.78 Å². The zero-order chi connectivity index (χ0) is 12.3. The molecular weight excluding hydrogens is 212 g/mol. The number of benzene rings is 1. The maximum Gasteiger partial charge on any atom is 0.200 e. The van der Waals surface area contributed by atoms with Crippen LogP contribution in [-0.2, 0) is 0 Å². The van der Waals surface area contributed by atoms with Crippen LogP contribution in [0.3, 0.4) is 0 Å². The fourth-order valence-corrected chi connectivity index (χ4v) is 1.27. The lowest BCUT2D eigenvalue weighted by Crippen LogP contribution is -2.48. The minimum Gasteiger partial charge on any atom is -0.507 e. The van der Waals surface area contributed by atoms with Crippen LogP contribution in [0, 0.1) is 0 Å². The van der Waals surface area contributed by atoms with Crippen molar-refractivity contribution in [2.24, 2.45) is 0 Å². The first kappa shape index (κ1) is 12.6. The van der Waals surface area contributed by atoms with Gasteiger partial charge in [-0.25, -0.2) is 0 Å². The molecule has 0 radical (unpaired) electrons. The molecule has 1 aromatic rings. The summed E-state index contributed by atoms with van der Waals surface area (Å²) in [6.07, 6.45) is -1.60. The molecular formula is C11H14O5. The van der Waals surface area contributed by atoms with Crippen molar-refractivity contribution in [1.82, 2.24) is 0 Å². The smallest absolute Gasteiger partial charge is 0.200 e. The highest BCUT2D eigenvalue weighted by molar-refractivity contribution is 6.04. The number of ketones is 1. The summed E-state index contributed by atoms with van der Waals surface area (Å²) in [6, 6.07) is 5.68. The predicted octanol–water partition coefficient (Wildman–Crippen LogP) is -0.321. The van der Waals surface area contributed by atoms with Crippen LogP contribution >= 0.6 is 0 Å². The molecule has 0 fully saturated rings. The lowest BCUT2D eigenvalue weighted by molar-refractivity contribution is -0.0604. The standard InChI is InChI=1S/C11H14O5/c1-11(16,9(14)6-12)10(15)7-4-2-3-5-8(7)13/h2-5,9,12-14,16H,6H2,1H3. The third kappa shape index (κ3) is 2.21. The second kappa shape index (κ2) is 4.61. The molecule has 0 aliphatic carbocycles. The van der Waals surface area contributed by atoms with E-state index in [1.807, 2.05) is 0 Å². The summed E-state index contributed by atoms with van der Waals surface area (Å²) in [5.74, 6) is -1.12. The number of hydrogen-bond donors (Lipinski definition) is 4. The van der Waals surface area contributed by atoms with Crippen LogP contribution in [0.2, 0.25) is 0 Å². The average Bonchev–Trinajstić information content (AvgIpc) is 2.27. The highest BCUT2D eigenvalue weighted by Crippen LogP contribution is 2.23. The molecule has 4 N–H and O–H groups in total. The van der Waals surface area contributed by atoms with Crippen molar-refractivity contribution >= 4 is 5.78 Å². The second-order valence-corrected chi connectivity index (χ2v) is 3.69. The molecule has 2 unspecified atom stereocenters. The van der Waals surface area contributed by atoms with Gasteiger partial charge < -0.3 is 20.4 Å². The van der Waals surface area contributed by atoms with E-state index < -0.39 is 24.1 Å². The van der Waals surface area contributed by atoms with Crippen LogP contribution < -0.4 is 0 Å². The average molecular weight is 226 g/mol. The van der Waals surface area contributed by atoms with Gasteiger partial charge in [-0.2, -0.15) is 0 Å². The Labute approximate surface area is 92.6 Å². The number of carbonyl (C=O) groups excluding carboxylic acids is 1. The molecule has 5 nitrogen and oxygen atoms in total. The summed E-state index contributed by atoms with van der Waals surface area (Å²) in [5, 5.41) is 37.2. The fraction of sp³-hybridized carbons (Fsp3) is 0.364. The van der Waals surface area contributed by atoms with Gasteiger partial charge in [0.25, 0.3) is 0 Å². The van der Waals surface area contributed by atoms with E-state index in [4.69, 9.17) is 5.11 Å². The molecule has 5 heteroatoms. The number of hydrogen-bond acceptors (Lipinski definition) is 5. The Morgan fingerprint density at radius 3 is 2.50 bits per heavy atom. The molecule has 0 heterocycles. The summed E-state index contributed by atoms with van der Waals surface area (Å²) >= 11 is 0. The summed E-state index contributed by atoms with van der Waals surface area (Å²) in [6.45, 7) is 0.342. The Morgan fingerprint density at radius 1 is 1.44 bits per heavy atom. The molecule has 0 saturated heterocycles. The second-order valence-electron chi connectivity index (χ2n) is 3.69. The molecule has 1 rings (SSSR count). The number of rotatable bonds is 4. The monoisotopic (exact) mass is 226 g/mol. The van der Waals surface area contributed by atoms with E-state index in [-0.39, 0.29) is 11.3 Å². The van der Waals surface area contributed by atoms with E-state index in [0.29, 0.717) is 0 Å². The first-order valence-electron chi connectivity index (χ1n) is 4.75. The topological polar surface area (TPSA) is 98.0 Å².